The molecule has 0 bridgehead atoms. The number of hydrogen-bond acceptors (Lipinski definition) is 1. The van der Waals surface area contributed by atoms with Crippen molar-refractivity contribution in [3.63, 3.8) is 0 Å². The van der Waals surface area contributed by atoms with E-state index in [-0.39, 0.29) is 0 Å². The lowest BCUT2D eigenvalue weighted by atomic mass is 10.1. The van der Waals surface area contributed by atoms with Gasteiger partial charge in [-0.1, -0.05) is 57.5 Å². The van der Waals surface area contributed by atoms with E-state index in [2.05, 4.69) is 42.2 Å². The third-order valence-corrected chi connectivity index (χ3v) is 3.20. The lowest BCUT2D eigenvalue weighted by molar-refractivity contribution is 0.315. The molecule has 0 radical (unpaired) electrons. The van der Waals surface area contributed by atoms with E-state index in [4.69, 9.17) is 0 Å². The molecule has 1 nitrogen and oxygen atoms in total. The van der Waals surface area contributed by atoms with Gasteiger partial charge < -0.3 is 0 Å². The topological polar surface area (TPSA) is 3.24 Å². The Hall–Kier alpha value is -0.820. The van der Waals surface area contributed by atoms with Crippen LogP contribution in [-0.2, 0) is 6.54 Å². The molecule has 0 amide bonds. The van der Waals surface area contributed by atoms with Crippen molar-refractivity contribution in [3.8, 4) is 0 Å². The van der Waals surface area contributed by atoms with Crippen molar-refractivity contribution in [2.24, 2.45) is 5.92 Å². The zero-order valence-electron chi connectivity index (χ0n) is 10.9. The Kier molecular flexibility index (Phi) is 6.17. The minimum Gasteiger partial charge on any atom is -0.299 e. The van der Waals surface area contributed by atoms with Gasteiger partial charge in [0.05, 0.1) is 0 Å². The Labute approximate surface area is 100 Å². The summed E-state index contributed by atoms with van der Waals surface area (Å²) in [5.41, 5.74) is 1.45. The summed E-state index contributed by atoms with van der Waals surface area (Å²) in [4.78, 5) is 2.57. The van der Waals surface area contributed by atoms with E-state index in [0.717, 1.165) is 12.5 Å². The summed E-state index contributed by atoms with van der Waals surface area (Å²) in [7, 11) is 0. The minimum atomic E-state index is 0.943. The van der Waals surface area contributed by atoms with Crippen LogP contribution in [0.2, 0.25) is 0 Å². The highest BCUT2D eigenvalue weighted by Crippen LogP contribution is 2.20. The van der Waals surface area contributed by atoms with Crippen LogP contribution in [0.1, 0.15) is 39.2 Å². The molecule has 90 valence electrons. The highest BCUT2D eigenvalue weighted by atomic mass is 15.1. The predicted molar refractivity (Wildman–Crippen MR) is 71.5 cm³/mol. The highest BCUT2D eigenvalue weighted by Gasteiger charge is 2.20. The average Bonchev–Trinajstić information content (AvgIpc) is 2.81. The minimum absolute atomic E-state index is 0.943. The molecule has 1 unspecified atom stereocenters. The maximum absolute atomic E-state index is 2.57. The summed E-state index contributed by atoms with van der Waals surface area (Å²) in [5.74, 6) is 0.943. The van der Waals surface area contributed by atoms with E-state index in [1.54, 1.807) is 0 Å². The third kappa shape index (κ3) is 3.97. The normalized spacial score (nSPS) is 20.3. The number of hydrogen-bond donors (Lipinski definition) is 0. The lowest BCUT2D eigenvalue weighted by Crippen LogP contribution is -2.19. The molecule has 1 atom stereocenters. The molecule has 0 saturated carbocycles. The third-order valence-electron chi connectivity index (χ3n) is 3.20. The van der Waals surface area contributed by atoms with Crippen LogP contribution in [0.3, 0.4) is 0 Å². The predicted octanol–water partition coefficient (Wildman–Crippen LogP) is 3.94. The lowest BCUT2D eigenvalue weighted by Gasteiger charge is -2.15. The standard InChI is InChI=1S/C13H19N.C2H6/c1-2-12-8-9-14(10-12)11-13-6-4-3-5-7-13;1-2/h3-7,12H,2,8-11H2,1H3;1-2H3. The molecule has 1 aliphatic heterocycles. The molecular formula is C15H25N. The van der Waals surface area contributed by atoms with Crippen LogP contribution < -0.4 is 0 Å². The van der Waals surface area contributed by atoms with Crippen molar-refractivity contribution < 1.29 is 0 Å². The van der Waals surface area contributed by atoms with Crippen molar-refractivity contribution in [1.29, 1.82) is 0 Å². The average molecular weight is 219 g/mol. The fraction of sp³-hybridized carbons (Fsp3) is 0.600. The molecule has 0 spiro atoms. The van der Waals surface area contributed by atoms with Gasteiger partial charge in [0, 0.05) is 13.1 Å². The monoisotopic (exact) mass is 219 g/mol. The van der Waals surface area contributed by atoms with Crippen molar-refractivity contribution in [2.75, 3.05) is 13.1 Å². The molecule has 1 fully saturated rings. The second-order valence-electron chi connectivity index (χ2n) is 4.28. The first-order valence-corrected chi connectivity index (χ1v) is 6.64. The fourth-order valence-electron chi connectivity index (χ4n) is 2.23. The maximum Gasteiger partial charge on any atom is 0.0233 e. The molecule has 2 rings (SSSR count). The summed E-state index contributed by atoms with van der Waals surface area (Å²) in [5, 5.41) is 0. The quantitative estimate of drug-likeness (QED) is 0.744. The van der Waals surface area contributed by atoms with Crippen LogP contribution in [0.15, 0.2) is 30.3 Å². The Bertz CT molecular complexity index is 268. The van der Waals surface area contributed by atoms with E-state index < -0.39 is 0 Å². The van der Waals surface area contributed by atoms with Crippen molar-refractivity contribution in [3.05, 3.63) is 35.9 Å². The van der Waals surface area contributed by atoms with Crippen LogP contribution in [0.25, 0.3) is 0 Å². The van der Waals surface area contributed by atoms with Crippen LogP contribution in [-0.4, -0.2) is 18.0 Å². The van der Waals surface area contributed by atoms with Crippen LogP contribution in [0.5, 0.6) is 0 Å². The van der Waals surface area contributed by atoms with Gasteiger partial charge in [0.1, 0.15) is 0 Å². The Balaban J connectivity index is 0.000000606. The van der Waals surface area contributed by atoms with E-state index in [1.165, 1.54) is 31.5 Å². The van der Waals surface area contributed by atoms with Crippen molar-refractivity contribution in [2.45, 2.75) is 40.2 Å². The summed E-state index contributed by atoms with van der Waals surface area (Å²) in [6.07, 6.45) is 2.73. The zero-order chi connectivity index (χ0) is 11.8. The van der Waals surface area contributed by atoms with E-state index >= 15 is 0 Å². The first-order chi connectivity index (χ1) is 7.88. The number of nitrogens with zero attached hydrogens (tertiary/aromatic N) is 1. The molecular weight excluding hydrogens is 194 g/mol. The molecule has 1 aromatic carbocycles. The molecule has 1 heterocycles. The van der Waals surface area contributed by atoms with Gasteiger partial charge in [-0.2, -0.15) is 0 Å². The molecule has 1 aromatic rings. The molecule has 1 heteroatoms. The molecule has 0 aromatic heterocycles. The van der Waals surface area contributed by atoms with Crippen LogP contribution >= 0.6 is 0 Å². The number of benzene rings is 1. The first-order valence-electron chi connectivity index (χ1n) is 6.64. The molecule has 0 aliphatic carbocycles. The first kappa shape index (κ1) is 13.2. The summed E-state index contributed by atoms with van der Waals surface area (Å²) >= 11 is 0. The second kappa shape index (κ2) is 7.45. The van der Waals surface area contributed by atoms with E-state index in [9.17, 15) is 0 Å². The van der Waals surface area contributed by atoms with Gasteiger partial charge in [-0.25, -0.2) is 0 Å². The van der Waals surface area contributed by atoms with Gasteiger partial charge in [-0.05, 0) is 24.4 Å². The smallest absolute Gasteiger partial charge is 0.0233 e. The largest absolute Gasteiger partial charge is 0.299 e. The maximum atomic E-state index is 2.57. The van der Waals surface area contributed by atoms with Gasteiger partial charge in [0.2, 0.25) is 0 Å². The Morgan fingerprint density at radius 3 is 2.44 bits per heavy atom. The summed E-state index contributed by atoms with van der Waals surface area (Å²) in [6, 6.07) is 10.8. The van der Waals surface area contributed by atoms with Gasteiger partial charge in [-0.15, -0.1) is 0 Å². The molecule has 1 aliphatic rings. The van der Waals surface area contributed by atoms with E-state index in [0.29, 0.717) is 0 Å². The van der Waals surface area contributed by atoms with Gasteiger partial charge in [-0.3, -0.25) is 4.90 Å². The fourth-order valence-corrected chi connectivity index (χ4v) is 2.23. The van der Waals surface area contributed by atoms with Crippen LogP contribution in [0, 0.1) is 5.92 Å². The van der Waals surface area contributed by atoms with Crippen LogP contribution in [0.4, 0.5) is 0 Å². The van der Waals surface area contributed by atoms with Gasteiger partial charge >= 0.3 is 0 Å². The SMILES string of the molecule is CC.CCC1CCN(Cc2ccccc2)C1. The van der Waals surface area contributed by atoms with Crippen molar-refractivity contribution >= 4 is 0 Å². The molecule has 1 saturated heterocycles. The second-order valence-corrected chi connectivity index (χ2v) is 4.28. The zero-order valence-corrected chi connectivity index (χ0v) is 10.9. The Morgan fingerprint density at radius 2 is 1.88 bits per heavy atom. The molecule has 0 N–H and O–H groups in total. The Morgan fingerprint density at radius 1 is 1.19 bits per heavy atom. The van der Waals surface area contributed by atoms with Gasteiger partial charge in [0.25, 0.3) is 0 Å². The summed E-state index contributed by atoms with van der Waals surface area (Å²) in [6.45, 7) is 10.0. The highest BCUT2D eigenvalue weighted by molar-refractivity contribution is 5.14. The molecule has 16 heavy (non-hydrogen) atoms. The number of likely N-dealkylation sites (tertiary alicyclic amines) is 1. The van der Waals surface area contributed by atoms with Crippen molar-refractivity contribution in [1.82, 2.24) is 4.90 Å². The van der Waals surface area contributed by atoms with E-state index in [1.807, 2.05) is 13.8 Å². The van der Waals surface area contributed by atoms with Gasteiger partial charge in [0.15, 0.2) is 0 Å². The number of rotatable bonds is 3. The summed E-state index contributed by atoms with van der Waals surface area (Å²) < 4.78 is 0.